The number of amides is 1. The maximum atomic E-state index is 12.9. The lowest BCUT2D eigenvalue weighted by molar-refractivity contribution is -0.385. The summed E-state index contributed by atoms with van der Waals surface area (Å²) >= 11 is 0. The van der Waals surface area contributed by atoms with Gasteiger partial charge in [-0.3, -0.25) is 49.2 Å². The number of alkyl halides is 6. The van der Waals surface area contributed by atoms with Crippen LogP contribution in [0.25, 0.3) is 0 Å². The second-order valence-corrected chi connectivity index (χ2v) is 15.6. The van der Waals surface area contributed by atoms with Crippen LogP contribution in [-0.2, 0) is 35.0 Å². The molecule has 368 valence electrons. The molecule has 68 heavy (non-hydrogen) atoms. The van der Waals surface area contributed by atoms with Crippen LogP contribution >= 0.6 is 0 Å². The van der Waals surface area contributed by atoms with Crippen molar-refractivity contribution >= 4 is 34.8 Å². The molecule has 0 radical (unpaired) electrons. The second-order valence-electron chi connectivity index (χ2n) is 15.6. The monoisotopic (exact) mass is 960 g/mol. The zero-order valence-corrected chi connectivity index (χ0v) is 36.3. The summed E-state index contributed by atoms with van der Waals surface area (Å²) in [5.41, 5.74) is 0.636. The number of carboxylic acids is 1. The molecule has 0 spiro atoms. The van der Waals surface area contributed by atoms with Crippen LogP contribution in [0.1, 0.15) is 88.9 Å². The highest BCUT2D eigenvalue weighted by atomic mass is 19.4. The summed E-state index contributed by atoms with van der Waals surface area (Å²) < 4.78 is 76.2. The number of rotatable bonds is 16. The number of hydrogen-bond acceptors (Lipinski definition) is 11. The third-order valence-electron chi connectivity index (χ3n) is 10.6. The standard InChI is InChI=1S/C23H24F3N3O4.C12H15F3N2.C11H11NO5.CH4/c24-23(25,26)19-4-1-3-17(15-19)16-27-11-13-28(14-12-27)22(31)6-2-5-21(30)18-7-9-20(10-8-18)29(32)33;13-12(14,15)11-3-1-2-10(8-11)9-17-6-4-16-5-7-17;13-10(2-1-3-11(14)15)8-4-6-9(7-5-8)12(16)17;/h1,3-4,7-10,15H,2,5-6,11-14,16H2;1-3,8,16H,4-7,9H2;4-7H,1-3H2,(H,14,15);1H4. The lowest BCUT2D eigenvalue weighted by Crippen LogP contribution is -2.48. The number of benzene rings is 4. The predicted molar refractivity (Wildman–Crippen MR) is 240 cm³/mol. The minimum atomic E-state index is -4.37. The van der Waals surface area contributed by atoms with Gasteiger partial charge in [0, 0.05) is 127 Å². The molecular weight excluding hydrogens is 907 g/mol. The lowest BCUT2D eigenvalue weighted by atomic mass is 10.0. The number of nitro groups is 2. The fourth-order valence-electron chi connectivity index (χ4n) is 7.02. The summed E-state index contributed by atoms with van der Waals surface area (Å²) in [4.78, 5) is 72.3. The van der Waals surface area contributed by atoms with Gasteiger partial charge in [0.25, 0.3) is 11.4 Å². The third-order valence-corrected chi connectivity index (χ3v) is 10.6. The van der Waals surface area contributed by atoms with Gasteiger partial charge in [-0.15, -0.1) is 0 Å². The van der Waals surface area contributed by atoms with E-state index in [0.717, 1.165) is 49.9 Å². The van der Waals surface area contributed by atoms with Crippen molar-refractivity contribution in [3.05, 3.63) is 151 Å². The topological polar surface area (TPSA) is 197 Å². The highest BCUT2D eigenvalue weighted by molar-refractivity contribution is 5.97. The van der Waals surface area contributed by atoms with Crippen LogP contribution in [0, 0.1) is 20.2 Å². The quantitative estimate of drug-likeness (QED) is 0.0469. The predicted octanol–water partition coefficient (Wildman–Crippen LogP) is 9.09. The van der Waals surface area contributed by atoms with Gasteiger partial charge < -0.3 is 15.3 Å². The van der Waals surface area contributed by atoms with E-state index in [1.54, 1.807) is 17.0 Å². The molecule has 4 aromatic rings. The van der Waals surface area contributed by atoms with Crippen LogP contribution in [0.3, 0.4) is 0 Å². The van der Waals surface area contributed by atoms with Crippen molar-refractivity contribution in [3.63, 3.8) is 0 Å². The number of halogens is 6. The fraction of sp³-hybridized carbons (Fsp3) is 0.404. The molecular formula is C47H54F6N6O9. The molecule has 2 saturated heterocycles. The molecule has 2 heterocycles. The minimum Gasteiger partial charge on any atom is -0.481 e. The molecule has 15 nitrogen and oxygen atoms in total. The number of hydrogen-bond donors (Lipinski definition) is 2. The van der Waals surface area contributed by atoms with E-state index in [2.05, 4.69) is 10.2 Å². The Morgan fingerprint density at radius 1 is 0.574 bits per heavy atom. The number of ketones is 2. The molecule has 21 heteroatoms. The first kappa shape index (κ1) is 55.7. The van der Waals surface area contributed by atoms with Crippen LogP contribution in [0.4, 0.5) is 37.7 Å². The number of Topliss-reactive ketones (excluding diaryl/α,β-unsaturated/α-hetero) is 2. The average molecular weight is 961 g/mol. The van der Waals surface area contributed by atoms with E-state index in [1.165, 1.54) is 66.7 Å². The van der Waals surface area contributed by atoms with Crippen molar-refractivity contribution in [1.29, 1.82) is 0 Å². The Hall–Kier alpha value is -6.58. The summed E-state index contributed by atoms with van der Waals surface area (Å²) in [6, 6.07) is 21.5. The average Bonchev–Trinajstić information content (AvgIpc) is 3.29. The smallest absolute Gasteiger partial charge is 0.416 e. The number of piperazine rings is 2. The Morgan fingerprint density at radius 3 is 1.35 bits per heavy atom. The van der Waals surface area contributed by atoms with Crippen LogP contribution in [-0.4, -0.2) is 105 Å². The van der Waals surface area contributed by atoms with Crippen molar-refractivity contribution in [2.45, 2.75) is 71.4 Å². The van der Waals surface area contributed by atoms with Gasteiger partial charge in [-0.25, -0.2) is 0 Å². The van der Waals surface area contributed by atoms with Gasteiger partial charge in [0.2, 0.25) is 5.91 Å². The largest absolute Gasteiger partial charge is 0.481 e. The molecule has 2 N–H and O–H groups in total. The van der Waals surface area contributed by atoms with Gasteiger partial charge in [0.1, 0.15) is 0 Å². The van der Waals surface area contributed by atoms with Gasteiger partial charge in [-0.2, -0.15) is 26.3 Å². The van der Waals surface area contributed by atoms with E-state index >= 15 is 0 Å². The Kier molecular flexibility index (Phi) is 21.9. The molecule has 1 amide bonds. The van der Waals surface area contributed by atoms with Gasteiger partial charge in [-0.1, -0.05) is 43.8 Å². The number of carbonyl (C=O) groups is 4. The molecule has 0 bridgehead atoms. The summed E-state index contributed by atoms with van der Waals surface area (Å²) in [6.07, 6.45) is -7.53. The number of nitro benzene ring substituents is 2. The summed E-state index contributed by atoms with van der Waals surface area (Å²) in [5.74, 6) is -1.39. The van der Waals surface area contributed by atoms with Crippen LogP contribution < -0.4 is 5.32 Å². The first-order chi connectivity index (χ1) is 31.7. The highest BCUT2D eigenvalue weighted by Crippen LogP contribution is 2.31. The summed E-state index contributed by atoms with van der Waals surface area (Å²) in [7, 11) is 0. The SMILES string of the molecule is C.FC(F)(F)c1cccc(CN2CCNCC2)c1.O=C(CCCC(=O)N1CCN(Cc2cccc(C(F)(F)F)c2)CC1)c1ccc([N+](=O)[O-])cc1.O=C(O)CCCC(=O)c1ccc([N+](=O)[O-])cc1. The number of carbonyl (C=O) groups excluding carboxylic acids is 3. The number of aliphatic carboxylic acids is 1. The van der Waals surface area contributed by atoms with E-state index < -0.39 is 39.3 Å². The van der Waals surface area contributed by atoms with Gasteiger partial charge in [0.05, 0.1) is 21.0 Å². The fourth-order valence-corrected chi connectivity index (χ4v) is 7.02. The summed E-state index contributed by atoms with van der Waals surface area (Å²) in [5, 5.41) is 32.7. The van der Waals surface area contributed by atoms with Crippen LogP contribution in [0.15, 0.2) is 97.1 Å². The third kappa shape index (κ3) is 19.0. The highest BCUT2D eigenvalue weighted by Gasteiger charge is 2.31. The summed E-state index contributed by atoms with van der Waals surface area (Å²) in [6.45, 7) is 6.63. The Balaban J connectivity index is 0.000000295. The van der Waals surface area contributed by atoms with E-state index in [9.17, 15) is 65.7 Å². The van der Waals surface area contributed by atoms with E-state index in [0.29, 0.717) is 62.4 Å². The zero-order chi connectivity index (χ0) is 49.1. The molecule has 0 saturated carbocycles. The Morgan fingerprint density at radius 2 is 0.971 bits per heavy atom. The van der Waals surface area contributed by atoms with Gasteiger partial charge >= 0.3 is 18.3 Å². The van der Waals surface area contributed by atoms with Gasteiger partial charge in [0.15, 0.2) is 11.6 Å². The number of carboxylic acid groups (broad SMARTS) is 1. The number of nitrogens with zero attached hydrogens (tertiary/aromatic N) is 5. The van der Waals surface area contributed by atoms with Crippen molar-refractivity contribution in [2.24, 2.45) is 0 Å². The van der Waals surface area contributed by atoms with E-state index in [1.807, 2.05) is 4.90 Å². The first-order valence-electron chi connectivity index (χ1n) is 21.2. The van der Waals surface area contributed by atoms with Crippen LogP contribution in [0.5, 0.6) is 0 Å². The molecule has 2 aliphatic heterocycles. The van der Waals surface area contributed by atoms with E-state index in [-0.39, 0.29) is 68.4 Å². The van der Waals surface area contributed by atoms with E-state index in [4.69, 9.17) is 5.11 Å². The Labute approximate surface area is 389 Å². The molecule has 0 aromatic heterocycles. The molecule has 0 aliphatic carbocycles. The normalized spacial score (nSPS) is 14.2. The maximum absolute atomic E-state index is 12.9. The van der Waals surface area contributed by atoms with Gasteiger partial charge in [-0.05, 0) is 60.4 Å². The number of non-ortho nitro benzene ring substituents is 2. The molecule has 6 rings (SSSR count). The lowest BCUT2D eigenvalue weighted by Gasteiger charge is -2.35. The first-order valence-corrected chi connectivity index (χ1v) is 21.2. The maximum Gasteiger partial charge on any atom is 0.416 e. The Bertz CT molecular complexity index is 2300. The van der Waals surface area contributed by atoms with Crippen molar-refractivity contribution in [3.8, 4) is 0 Å². The minimum absolute atomic E-state index is 0. The molecule has 0 atom stereocenters. The molecule has 4 aromatic carbocycles. The van der Waals surface area contributed by atoms with Crippen molar-refractivity contribution in [2.75, 3.05) is 52.4 Å². The van der Waals surface area contributed by atoms with Crippen LogP contribution in [0.2, 0.25) is 0 Å². The molecule has 2 aliphatic rings. The zero-order valence-electron chi connectivity index (χ0n) is 36.3. The number of nitrogens with one attached hydrogen (secondary N) is 1. The second kappa shape index (κ2) is 26.7. The molecule has 2 fully saturated rings. The van der Waals surface area contributed by atoms with Crippen molar-refractivity contribution in [1.82, 2.24) is 20.0 Å². The molecule has 0 unspecified atom stereocenters. The van der Waals surface area contributed by atoms with Crippen molar-refractivity contribution < 1.29 is 60.5 Å².